The lowest BCUT2D eigenvalue weighted by molar-refractivity contribution is -0.251. The smallest absolute Gasteiger partial charge is 0.303 e. The first-order valence-corrected chi connectivity index (χ1v) is 13.3. The fourth-order valence-corrected chi connectivity index (χ4v) is 5.13. The van der Waals surface area contributed by atoms with Crippen molar-refractivity contribution in [2.24, 2.45) is 0 Å². The summed E-state index contributed by atoms with van der Waals surface area (Å²) in [4.78, 5) is 67.7. The number of anilines is 1. The Morgan fingerprint density at radius 2 is 1.40 bits per heavy atom. The van der Waals surface area contributed by atoms with Gasteiger partial charge in [-0.3, -0.25) is 28.9 Å². The van der Waals surface area contributed by atoms with Gasteiger partial charge in [-0.25, -0.2) is 4.98 Å². The van der Waals surface area contributed by atoms with Crippen LogP contribution in [-0.2, 0) is 47.7 Å². The van der Waals surface area contributed by atoms with Gasteiger partial charge in [0.2, 0.25) is 5.91 Å². The highest BCUT2D eigenvalue weighted by Gasteiger charge is 2.55. The molecule has 14 heteroatoms. The van der Waals surface area contributed by atoms with E-state index in [9.17, 15) is 24.0 Å². The molecule has 234 valence electrons. The van der Waals surface area contributed by atoms with Crippen LogP contribution in [0.3, 0.4) is 0 Å². The molecule has 1 amide bonds. The van der Waals surface area contributed by atoms with Crippen LogP contribution in [0, 0.1) is 13.8 Å². The molecule has 2 heterocycles. The molecule has 14 nitrogen and oxygen atoms in total. The van der Waals surface area contributed by atoms with Gasteiger partial charge in [0.25, 0.3) is 0 Å². The maximum absolute atomic E-state index is 13.5. The largest absolute Gasteiger partial charge is 0.494 e. The minimum absolute atomic E-state index is 0.147. The number of esters is 4. The van der Waals surface area contributed by atoms with E-state index in [1.165, 1.54) is 34.1 Å². The Morgan fingerprint density at radius 3 is 1.91 bits per heavy atom. The molecule has 1 aliphatic heterocycles. The van der Waals surface area contributed by atoms with Crippen molar-refractivity contribution >= 4 is 46.4 Å². The van der Waals surface area contributed by atoms with Crippen molar-refractivity contribution in [1.29, 1.82) is 0 Å². The van der Waals surface area contributed by atoms with Gasteiger partial charge in [0, 0.05) is 46.4 Å². The number of amides is 1. The van der Waals surface area contributed by atoms with E-state index in [2.05, 4.69) is 4.98 Å². The number of aromatic nitrogens is 1. The fourth-order valence-electron chi connectivity index (χ4n) is 5.13. The number of carbonyl (C=O) groups is 5. The molecule has 1 fully saturated rings. The van der Waals surface area contributed by atoms with Crippen molar-refractivity contribution in [3.8, 4) is 11.5 Å². The number of carbonyl (C=O) groups excluding carboxylic acids is 5. The van der Waals surface area contributed by atoms with Crippen molar-refractivity contribution in [2.75, 3.05) is 25.7 Å². The first kappa shape index (κ1) is 33.0. The zero-order chi connectivity index (χ0) is 32.2. The maximum Gasteiger partial charge on any atom is 0.303 e. The van der Waals surface area contributed by atoms with Crippen molar-refractivity contribution < 1.29 is 57.1 Å². The van der Waals surface area contributed by atoms with Crippen molar-refractivity contribution in [2.45, 2.75) is 79.1 Å². The van der Waals surface area contributed by atoms with Crippen LogP contribution in [0.4, 0.5) is 5.69 Å². The van der Waals surface area contributed by atoms with Gasteiger partial charge in [-0.05, 0) is 25.5 Å². The van der Waals surface area contributed by atoms with E-state index in [0.29, 0.717) is 16.7 Å². The number of hydrogen-bond acceptors (Lipinski definition) is 13. The lowest BCUT2D eigenvalue weighted by atomic mass is 9.95. The van der Waals surface area contributed by atoms with Gasteiger partial charge in [0.05, 0.1) is 25.3 Å². The van der Waals surface area contributed by atoms with Crippen LogP contribution in [0.2, 0.25) is 0 Å². The van der Waals surface area contributed by atoms with E-state index in [-0.39, 0.29) is 11.4 Å². The summed E-state index contributed by atoms with van der Waals surface area (Å²) in [5.74, 6) is -3.13. The highest BCUT2D eigenvalue weighted by molar-refractivity contribution is 6.03. The predicted octanol–water partition coefficient (Wildman–Crippen LogP) is 2.30. The van der Waals surface area contributed by atoms with Crippen LogP contribution < -0.4 is 14.4 Å². The zero-order valence-electron chi connectivity index (χ0n) is 25.5. The van der Waals surface area contributed by atoms with Gasteiger partial charge in [-0.1, -0.05) is 0 Å². The second-order valence-corrected chi connectivity index (χ2v) is 9.91. The van der Waals surface area contributed by atoms with Crippen molar-refractivity contribution in [1.82, 2.24) is 4.98 Å². The molecule has 3 rings (SSSR count). The van der Waals surface area contributed by atoms with Gasteiger partial charge in [-0.15, -0.1) is 0 Å². The molecule has 0 aliphatic carbocycles. The Morgan fingerprint density at radius 1 is 0.814 bits per heavy atom. The first-order chi connectivity index (χ1) is 20.2. The number of fused-ring (bicyclic) bond motifs is 1. The highest BCUT2D eigenvalue weighted by Crippen LogP contribution is 2.45. The van der Waals surface area contributed by atoms with Gasteiger partial charge >= 0.3 is 23.9 Å². The standard InChI is InChI=1S/C29H36N2O12/c1-13-10-14(2)30-24-21(37-8)11-20(25(38-9)23(13)24)31(15(3)32)29-28(42-19(7)36)27(41-18(6)35)26(40-17(5)34)22(43-29)12-39-16(4)33/h10-11,22,26-29H,12H2,1-9H3/t22-,26+,27+,28-,29-/m1/s1. The minimum Gasteiger partial charge on any atom is -0.494 e. The average molecular weight is 605 g/mol. The SMILES string of the molecule is COc1cc(N(C(C)=O)[C@@H]2O[C@H](COC(C)=O)[C@H](OC(C)=O)[C@H](OC(C)=O)[C@H]2OC(C)=O)c(OC)c2c(C)cc(C)nc12. The molecule has 2 aromatic rings. The Bertz CT molecular complexity index is 1420. The second kappa shape index (κ2) is 13.7. The van der Waals surface area contributed by atoms with Gasteiger partial charge < -0.3 is 33.2 Å². The summed E-state index contributed by atoms with van der Waals surface area (Å²) in [5.41, 5.74) is 2.12. The predicted molar refractivity (Wildman–Crippen MR) is 149 cm³/mol. The third-order valence-electron chi connectivity index (χ3n) is 6.55. The number of benzene rings is 1. The molecule has 0 radical (unpaired) electrons. The molecule has 0 N–H and O–H groups in total. The molecule has 43 heavy (non-hydrogen) atoms. The van der Waals surface area contributed by atoms with Crippen LogP contribution in [0.5, 0.6) is 11.5 Å². The third-order valence-corrected chi connectivity index (χ3v) is 6.55. The normalized spacial score (nSPS) is 21.4. The summed E-state index contributed by atoms with van der Waals surface area (Å²) in [7, 11) is 2.85. The maximum atomic E-state index is 13.5. The summed E-state index contributed by atoms with van der Waals surface area (Å²) < 4.78 is 39.4. The first-order valence-electron chi connectivity index (χ1n) is 13.3. The summed E-state index contributed by atoms with van der Waals surface area (Å²) in [6.07, 6.45) is -7.17. The molecular formula is C29H36N2O12. The molecule has 1 aromatic heterocycles. The van der Waals surface area contributed by atoms with Gasteiger partial charge in [0.15, 0.2) is 30.3 Å². The van der Waals surface area contributed by atoms with Gasteiger partial charge in [-0.2, -0.15) is 0 Å². The zero-order valence-corrected chi connectivity index (χ0v) is 25.5. The number of hydrogen-bond donors (Lipinski definition) is 0. The third kappa shape index (κ3) is 7.31. The number of ether oxygens (including phenoxy) is 7. The quantitative estimate of drug-likeness (QED) is 0.302. The Balaban J connectivity index is 2.35. The van der Waals surface area contributed by atoms with E-state index in [4.69, 9.17) is 33.2 Å². The van der Waals surface area contributed by atoms with Crippen molar-refractivity contribution in [3.05, 3.63) is 23.4 Å². The van der Waals surface area contributed by atoms with Gasteiger partial charge in [0.1, 0.15) is 24.0 Å². The van der Waals surface area contributed by atoms with Crippen LogP contribution in [-0.4, -0.2) is 86.2 Å². The lowest BCUT2D eigenvalue weighted by Gasteiger charge is -2.47. The molecule has 1 saturated heterocycles. The fraction of sp³-hybridized carbons (Fsp3) is 0.517. The van der Waals surface area contributed by atoms with E-state index in [0.717, 1.165) is 36.9 Å². The summed E-state index contributed by atoms with van der Waals surface area (Å²) in [6, 6.07) is 3.35. The van der Waals surface area contributed by atoms with Crippen LogP contribution >= 0.6 is 0 Å². The molecule has 1 aromatic carbocycles. The van der Waals surface area contributed by atoms with Crippen LogP contribution in [0.15, 0.2) is 12.1 Å². The monoisotopic (exact) mass is 604 g/mol. The molecular weight excluding hydrogens is 568 g/mol. The van der Waals surface area contributed by atoms with Crippen LogP contribution in [0.25, 0.3) is 10.9 Å². The molecule has 0 unspecified atom stereocenters. The topological polar surface area (TPSA) is 166 Å². The lowest BCUT2D eigenvalue weighted by Crippen LogP contribution is -2.67. The molecule has 5 atom stereocenters. The van der Waals surface area contributed by atoms with Crippen molar-refractivity contribution in [3.63, 3.8) is 0 Å². The summed E-state index contributed by atoms with van der Waals surface area (Å²) in [5, 5.41) is 0.541. The molecule has 0 bridgehead atoms. The van der Waals surface area contributed by atoms with E-state index < -0.39 is 67.0 Å². The Labute approximate surface area is 248 Å². The van der Waals surface area contributed by atoms with E-state index in [1.54, 1.807) is 0 Å². The Hall–Kier alpha value is -4.46. The van der Waals surface area contributed by atoms with Crippen LogP contribution in [0.1, 0.15) is 45.9 Å². The Kier molecular flexibility index (Phi) is 10.5. The average Bonchev–Trinajstić information content (AvgIpc) is 2.89. The number of aryl methyl sites for hydroxylation is 2. The number of methoxy groups -OCH3 is 2. The molecule has 1 aliphatic rings. The second-order valence-electron chi connectivity index (χ2n) is 9.91. The summed E-state index contributed by atoms with van der Waals surface area (Å²) in [6.45, 7) is 8.96. The van der Waals surface area contributed by atoms with E-state index >= 15 is 0 Å². The molecule has 0 saturated carbocycles. The number of nitrogens with zero attached hydrogens (tertiary/aromatic N) is 2. The summed E-state index contributed by atoms with van der Waals surface area (Å²) >= 11 is 0. The molecule has 0 spiro atoms. The minimum atomic E-state index is -1.52. The number of pyridine rings is 1. The highest BCUT2D eigenvalue weighted by atomic mass is 16.7. The number of rotatable bonds is 9. The van der Waals surface area contributed by atoms with E-state index in [1.807, 2.05) is 19.9 Å².